The molecule has 98 valence electrons. The predicted molar refractivity (Wildman–Crippen MR) is 65.2 cm³/mol. The van der Waals surface area contributed by atoms with Crippen molar-refractivity contribution >= 4 is 5.91 Å². The smallest absolute Gasteiger partial charge is 0.254 e. The third-order valence-electron chi connectivity index (χ3n) is 3.55. The van der Waals surface area contributed by atoms with E-state index in [1.54, 1.807) is 0 Å². The van der Waals surface area contributed by atoms with E-state index in [1.807, 2.05) is 0 Å². The van der Waals surface area contributed by atoms with E-state index in [0.717, 1.165) is 31.7 Å². The van der Waals surface area contributed by atoms with Crippen LogP contribution in [0.5, 0.6) is 0 Å². The molecule has 1 aromatic carbocycles. The zero-order valence-electron chi connectivity index (χ0n) is 10.4. The molecule has 1 aliphatic rings. The van der Waals surface area contributed by atoms with Crippen LogP contribution in [0.3, 0.4) is 0 Å². The monoisotopic (exact) mass is 253 g/mol. The van der Waals surface area contributed by atoms with E-state index >= 15 is 0 Å². The first kappa shape index (κ1) is 13.0. The molecular weight excluding hydrogens is 236 g/mol. The number of rotatable bonds is 2. The summed E-state index contributed by atoms with van der Waals surface area (Å²) in [6, 6.07) is 3.74. The van der Waals surface area contributed by atoms with Crippen LogP contribution in [0.25, 0.3) is 0 Å². The average molecular weight is 253 g/mol. The van der Waals surface area contributed by atoms with Crippen molar-refractivity contribution in [3.63, 3.8) is 0 Å². The molecule has 1 N–H and O–H groups in total. The van der Waals surface area contributed by atoms with Crippen LogP contribution < -0.4 is 5.32 Å². The quantitative estimate of drug-likeness (QED) is 0.861. The zero-order chi connectivity index (χ0) is 13.1. The minimum Gasteiger partial charge on any atom is -0.349 e. The van der Waals surface area contributed by atoms with E-state index in [2.05, 4.69) is 12.2 Å². The number of carbonyl (C=O) groups is 1. The van der Waals surface area contributed by atoms with Gasteiger partial charge in [0.15, 0.2) is 11.6 Å². The molecule has 0 bridgehead atoms. The van der Waals surface area contributed by atoms with Gasteiger partial charge in [-0.25, -0.2) is 8.78 Å². The molecular formula is C14H17F2NO. The number of hydrogen-bond acceptors (Lipinski definition) is 1. The molecule has 1 aromatic rings. The first-order valence-corrected chi connectivity index (χ1v) is 6.33. The number of hydrogen-bond donors (Lipinski definition) is 1. The molecule has 2 rings (SSSR count). The second kappa shape index (κ2) is 5.46. The summed E-state index contributed by atoms with van der Waals surface area (Å²) in [6.45, 7) is 2.18. The van der Waals surface area contributed by atoms with Crippen molar-refractivity contribution in [2.24, 2.45) is 5.92 Å². The third-order valence-corrected chi connectivity index (χ3v) is 3.55. The largest absolute Gasteiger partial charge is 0.349 e. The van der Waals surface area contributed by atoms with Crippen LogP contribution >= 0.6 is 0 Å². The summed E-state index contributed by atoms with van der Waals surface area (Å²) in [6.07, 6.45) is 3.95. The highest BCUT2D eigenvalue weighted by Gasteiger charge is 2.22. The summed E-state index contributed by atoms with van der Waals surface area (Å²) in [7, 11) is 0. The van der Waals surface area contributed by atoms with E-state index in [4.69, 9.17) is 0 Å². The molecule has 4 heteroatoms. The molecule has 0 aromatic heterocycles. The van der Waals surface area contributed by atoms with E-state index in [9.17, 15) is 13.6 Å². The summed E-state index contributed by atoms with van der Waals surface area (Å²) < 4.78 is 26.4. The lowest BCUT2D eigenvalue weighted by molar-refractivity contribution is 0.0918. The molecule has 0 atom stereocenters. The number of nitrogens with one attached hydrogen (secondary N) is 1. The van der Waals surface area contributed by atoms with Gasteiger partial charge < -0.3 is 5.32 Å². The summed E-state index contributed by atoms with van der Waals surface area (Å²) in [4.78, 5) is 11.8. The molecule has 0 saturated heterocycles. The fourth-order valence-corrected chi connectivity index (χ4v) is 2.35. The van der Waals surface area contributed by atoms with E-state index in [1.165, 1.54) is 12.1 Å². The van der Waals surface area contributed by atoms with Crippen molar-refractivity contribution in [2.45, 2.75) is 38.6 Å². The van der Waals surface area contributed by atoms with Crippen molar-refractivity contribution in [2.75, 3.05) is 0 Å². The van der Waals surface area contributed by atoms with Gasteiger partial charge in [-0.2, -0.15) is 0 Å². The lowest BCUT2D eigenvalue weighted by Gasteiger charge is -2.26. The normalized spacial score (nSPS) is 23.7. The molecule has 0 unspecified atom stereocenters. The number of halogens is 2. The fourth-order valence-electron chi connectivity index (χ4n) is 2.35. The Hall–Kier alpha value is -1.45. The Balaban J connectivity index is 2.01. The standard InChI is InChI=1S/C14H17F2NO/c1-9-5-7-10(8-6-9)17-14(18)11-3-2-4-12(15)13(11)16/h2-4,9-10H,5-8H2,1H3,(H,17,18). The molecule has 0 heterocycles. The minimum absolute atomic E-state index is 0.0800. The molecule has 18 heavy (non-hydrogen) atoms. The second-order valence-electron chi connectivity index (χ2n) is 5.03. The van der Waals surface area contributed by atoms with Crippen LogP contribution in [0.1, 0.15) is 43.0 Å². The van der Waals surface area contributed by atoms with E-state index in [-0.39, 0.29) is 11.6 Å². The van der Waals surface area contributed by atoms with Crippen molar-refractivity contribution in [3.05, 3.63) is 35.4 Å². The maximum atomic E-state index is 13.4. The molecule has 1 aliphatic carbocycles. The Morgan fingerprint density at radius 3 is 2.56 bits per heavy atom. The lowest BCUT2D eigenvalue weighted by atomic mass is 9.87. The summed E-state index contributed by atoms with van der Waals surface area (Å²) in [5.41, 5.74) is -0.214. The Morgan fingerprint density at radius 2 is 1.89 bits per heavy atom. The number of benzene rings is 1. The van der Waals surface area contributed by atoms with Crippen LogP contribution in [-0.4, -0.2) is 11.9 Å². The van der Waals surface area contributed by atoms with Gasteiger partial charge in [-0.3, -0.25) is 4.79 Å². The fraction of sp³-hybridized carbons (Fsp3) is 0.500. The Bertz CT molecular complexity index is 439. The van der Waals surface area contributed by atoms with Crippen LogP contribution in [-0.2, 0) is 0 Å². The van der Waals surface area contributed by atoms with Gasteiger partial charge in [0.2, 0.25) is 0 Å². The molecule has 0 spiro atoms. The van der Waals surface area contributed by atoms with Gasteiger partial charge in [0.25, 0.3) is 5.91 Å². The van der Waals surface area contributed by atoms with Gasteiger partial charge in [0, 0.05) is 6.04 Å². The predicted octanol–water partition coefficient (Wildman–Crippen LogP) is 3.27. The van der Waals surface area contributed by atoms with Crippen molar-refractivity contribution < 1.29 is 13.6 Å². The van der Waals surface area contributed by atoms with Crippen LogP contribution in [0, 0.1) is 17.6 Å². The van der Waals surface area contributed by atoms with Crippen molar-refractivity contribution in [3.8, 4) is 0 Å². The summed E-state index contributed by atoms with van der Waals surface area (Å²) in [5, 5.41) is 2.78. The molecule has 1 fully saturated rings. The maximum absolute atomic E-state index is 13.4. The SMILES string of the molecule is CC1CCC(NC(=O)c2cccc(F)c2F)CC1. The highest BCUT2D eigenvalue weighted by atomic mass is 19.2. The van der Waals surface area contributed by atoms with E-state index < -0.39 is 17.5 Å². The Kier molecular flexibility index (Phi) is 3.94. The highest BCUT2D eigenvalue weighted by molar-refractivity contribution is 5.94. The van der Waals surface area contributed by atoms with E-state index in [0.29, 0.717) is 5.92 Å². The summed E-state index contributed by atoms with van der Waals surface area (Å²) in [5.74, 6) is -1.89. The highest BCUT2D eigenvalue weighted by Crippen LogP contribution is 2.23. The third kappa shape index (κ3) is 2.86. The number of carbonyl (C=O) groups excluding carboxylic acids is 1. The summed E-state index contributed by atoms with van der Waals surface area (Å²) >= 11 is 0. The molecule has 0 radical (unpaired) electrons. The first-order chi connectivity index (χ1) is 8.58. The van der Waals surface area contributed by atoms with Crippen LogP contribution in [0.2, 0.25) is 0 Å². The topological polar surface area (TPSA) is 29.1 Å². The zero-order valence-corrected chi connectivity index (χ0v) is 10.4. The number of amides is 1. The molecule has 0 aliphatic heterocycles. The van der Waals surface area contributed by atoms with Crippen molar-refractivity contribution in [1.82, 2.24) is 5.32 Å². The maximum Gasteiger partial charge on any atom is 0.254 e. The van der Waals surface area contributed by atoms with Gasteiger partial charge in [0.05, 0.1) is 5.56 Å². The molecule has 1 amide bonds. The Labute approximate surface area is 105 Å². The minimum atomic E-state index is -1.07. The first-order valence-electron chi connectivity index (χ1n) is 6.33. The van der Waals surface area contributed by atoms with Crippen LogP contribution in [0.15, 0.2) is 18.2 Å². The van der Waals surface area contributed by atoms with Gasteiger partial charge in [-0.05, 0) is 43.7 Å². The van der Waals surface area contributed by atoms with Crippen LogP contribution in [0.4, 0.5) is 8.78 Å². The molecule has 1 saturated carbocycles. The average Bonchev–Trinajstić information content (AvgIpc) is 2.35. The van der Waals surface area contributed by atoms with Gasteiger partial charge in [-0.15, -0.1) is 0 Å². The van der Waals surface area contributed by atoms with Gasteiger partial charge in [0.1, 0.15) is 0 Å². The van der Waals surface area contributed by atoms with Crippen molar-refractivity contribution in [1.29, 1.82) is 0 Å². The van der Waals surface area contributed by atoms with Gasteiger partial charge in [-0.1, -0.05) is 13.0 Å². The second-order valence-corrected chi connectivity index (χ2v) is 5.03. The Morgan fingerprint density at radius 1 is 1.22 bits per heavy atom. The molecule has 2 nitrogen and oxygen atoms in total. The van der Waals surface area contributed by atoms with Gasteiger partial charge >= 0.3 is 0 Å². The lowest BCUT2D eigenvalue weighted by Crippen LogP contribution is -2.37.